The molecule has 0 amide bonds. The van der Waals surface area contributed by atoms with E-state index < -0.39 is 0 Å². The quantitative estimate of drug-likeness (QED) is 0.675. The predicted octanol–water partition coefficient (Wildman–Crippen LogP) is 3.23. The summed E-state index contributed by atoms with van der Waals surface area (Å²) in [6.07, 6.45) is 8.38. The lowest BCUT2D eigenvalue weighted by atomic mass is 9.96. The minimum atomic E-state index is 0.564. The van der Waals surface area contributed by atoms with Gasteiger partial charge in [-0.2, -0.15) is 0 Å². The Morgan fingerprint density at radius 3 is 2.82 bits per heavy atom. The van der Waals surface area contributed by atoms with Crippen molar-refractivity contribution in [1.82, 2.24) is 15.6 Å². The van der Waals surface area contributed by atoms with E-state index in [0.29, 0.717) is 6.04 Å². The van der Waals surface area contributed by atoms with E-state index in [9.17, 15) is 0 Å². The molecule has 1 heterocycles. The Balaban J connectivity index is 1.64. The van der Waals surface area contributed by atoms with Gasteiger partial charge in [-0.3, -0.25) is 9.98 Å². The number of pyridine rings is 1. The Hall–Kier alpha value is -2.10. The molecule has 1 saturated carbocycles. The predicted molar refractivity (Wildman–Crippen MR) is 92.0 cm³/mol. The van der Waals surface area contributed by atoms with Gasteiger partial charge in [-0.15, -0.1) is 0 Å². The molecule has 1 fully saturated rings. The van der Waals surface area contributed by atoms with E-state index in [1.807, 2.05) is 25.4 Å². The second-order valence-electron chi connectivity index (χ2n) is 5.89. The molecule has 1 aromatic heterocycles. The Morgan fingerprint density at radius 1 is 1.18 bits per heavy atom. The summed E-state index contributed by atoms with van der Waals surface area (Å²) in [7, 11) is 1.84. The van der Waals surface area contributed by atoms with Gasteiger partial charge in [0, 0.05) is 31.2 Å². The molecular formula is C18H24N4. The Bertz CT molecular complexity index is 639. The zero-order valence-corrected chi connectivity index (χ0v) is 13.2. The van der Waals surface area contributed by atoms with Crippen LogP contribution in [0.4, 0.5) is 0 Å². The van der Waals surface area contributed by atoms with Crippen molar-refractivity contribution >= 4 is 16.9 Å². The van der Waals surface area contributed by atoms with Gasteiger partial charge in [0.25, 0.3) is 0 Å². The molecule has 0 radical (unpaired) electrons. The second kappa shape index (κ2) is 7.25. The van der Waals surface area contributed by atoms with Crippen molar-refractivity contribution in [3.8, 4) is 0 Å². The standard InChI is InChI=1S/C18H24N4/c1-19-18(22-15-7-3-2-4-8-15)21-13-14-11-12-20-17-10-6-5-9-16(14)17/h5-6,9-12,15H,2-4,7-8,13H2,1H3,(H2,19,21,22). The first-order valence-corrected chi connectivity index (χ1v) is 8.16. The van der Waals surface area contributed by atoms with Crippen molar-refractivity contribution < 1.29 is 0 Å². The van der Waals surface area contributed by atoms with Crippen LogP contribution < -0.4 is 10.6 Å². The molecular weight excluding hydrogens is 272 g/mol. The number of hydrogen-bond donors (Lipinski definition) is 2. The number of guanidine groups is 1. The van der Waals surface area contributed by atoms with Gasteiger partial charge in [0.2, 0.25) is 0 Å². The van der Waals surface area contributed by atoms with Gasteiger partial charge in [-0.25, -0.2) is 0 Å². The molecule has 0 unspecified atom stereocenters. The molecule has 1 aliphatic carbocycles. The van der Waals surface area contributed by atoms with E-state index in [-0.39, 0.29) is 0 Å². The number of nitrogens with one attached hydrogen (secondary N) is 2. The number of aliphatic imine (C=N–C) groups is 1. The first-order chi connectivity index (χ1) is 10.9. The molecule has 22 heavy (non-hydrogen) atoms. The lowest BCUT2D eigenvalue weighted by molar-refractivity contribution is 0.410. The molecule has 3 rings (SSSR count). The van der Waals surface area contributed by atoms with Gasteiger partial charge in [-0.05, 0) is 30.5 Å². The highest BCUT2D eigenvalue weighted by Gasteiger charge is 2.14. The van der Waals surface area contributed by atoms with Crippen LogP contribution in [0.2, 0.25) is 0 Å². The summed E-state index contributed by atoms with van der Waals surface area (Å²) in [5.74, 6) is 0.896. The van der Waals surface area contributed by atoms with Crippen molar-refractivity contribution in [2.75, 3.05) is 7.05 Å². The first kappa shape index (κ1) is 14.8. The molecule has 4 nitrogen and oxygen atoms in total. The third-order valence-corrected chi connectivity index (χ3v) is 4.36. The maximum Gasteiger partial charge on any atom is 0.191 e. The molecule has 0 bridgehead atoms. The van der Waals surface area contributed by atoms with Crippen LogP contribution >= 0.6 is 0 Å². The summed E-state index contributed by atoms with van der Waals surface area (Å²) in [4.78, 5) is 8.77. The van der Waals surface area contributed by atoms with E-state index in [1.54, 1.807) is 0 Å². The summed E-state index contributed by atoms with van der Waals surface area (Å²) >= 11 is 0. The van der Waals surface area contributed by atoms with Crippen LogP contribution in [0.3, 0.4) is 0 Å². The first-order valence-electron chi connectivity index (χ1n) is 8.16. The number of aromatic nitrogens is 1. The van der Waals surface area contributed by atoms with Crippen LogP contribution in [0, 0.1) is 0 Å². The molecule has 0 saturated heterocycles. The SMILES string of the molecule is CN=C(NCc1ccnc2ccccc12)NC1CCCCC1. The maximum atomic E-state index is 4.41. The molecule has 1 aliphatic rings. The monoisotopic (exact) mass is 296 g/mol. The lowest BCUT2D eigenvalue weighted by Gasteiger charge is -2.25. The fraction of sp³-hybridized carbons (Fsp3) is 0.444. The minimum Gasteiger partial charge on any atom is -0.354 e. The number of fused-ring (bicyclic) bond motifs is 1. The normalized spacial score (nSPS) is 16.7. The van der Waals surface area contributed by atoms with E-state index in [1.165, 1.54) is 43.1 Å². The van der Waals surface area contributed by atoms with Crippen molar-refractivity contribution in [3.05, 3.63) is 42.1 Å². The summed E-state index contributed by atoms with van der Waals surface area (Å²) in [6, 6.07) is 10.9. The highest BCUT2D eigenvalue weighted by molar-refractivity contribution is 5.83. The Labute approximate surface area is 132 Å². The van der Waals surface area contributed by atoms with Crippen LogP contribution in [-0.4, -0.2) is 24.0 Å². The number of benzene rings is 1. The molecule has 4 heteroatoms. The zero-order chi connectivity index (χ0) is 15.2. The molecule has 116 valence electrons. The van der Waals surface area contributed by atoms with E-state index in [2.05, 4.69) is 38.8 Å². The summed E-state index contributed by atoms with van der Waals surface area (Å²) in [6.45, 7) is 0.759. The Morgan fingerprint density at radius 2 is 2.00 bits per heavy atom. The highest BCUT2D eigenvalue weighted by atomic mass is 15.2. The number of nitrogens with zero attached hydrogens (tertiary/aromatic N) is 2. The highest BCUT2D eigenvalue weighted by Crippen LogP contribution is 2.18. The Kier molecular flexibility index (Phi) is 4.88. The topological polar surface area (TPSA) is 49.3 Å². The summed E-state index contributed by atoms with van der Waals surface area (Å²) in [5.41, 5.74) is 2.29. The van der Waals surface area contributed by atoms with Crippen molar-refractivity contribution in [1.29, 1.82) is 0 Å². The van der Waals surface area contributed by atoms with Crippen LogP contribution in [-0.2, 0) is 6.54 Å². The van der Waals surface area contributed by atoms with Gasteiger partial charge in [0.1, 0.15) is 0 Å². The van der Waals surface area contributed by atoms with Gasteiger partial charge < -0.3 is 10.6 Å². The lowest BCUT2D eigenvalue weighted by Crippen LogP contribution is -2.43. The minimum absolute atomic E-state index is 0.564. The second-order valence-corrected chi connectivity index (χ2v) is 5.89. The van der Waals surface area contributed by atoms with E-state index >= 15 is 0 Å². The fourth-order valence-corrected chi connectivity index (χ4v) is 3.12. The van der Waals surface area contributed by atoms with Crippen molar-refractivity contribution in [2.45, 2.75) is 44.7 Å². The third-order valence-electron chi connectivity index (χ3n) is 4.36. The van der Waals surface area contributed by atoms with Crippen LogP contribution in [0.15, 0.2) is 41.5 Å². The average molecular weight is 296 g/mol. The maximum absolute atomic E-state index is 4.41. The number of rotatable bonds is 3. The van der Waals surface area contributed by atoms with Crippen LogP contribution in [0.25, 0.3) is 10.9 Å². The molecule has 2 N–H and O–H groups in total. The smallest absolute Gasteiger partial charge is 0.191 e. The van der Waals surface area contributed by atoms with E-state index in [4.69, 9.17) is 0 Å². The van der Waals surface area contributed by atoms with Gasteiger partial charge in [0.05, 0.1) is 5.52 Å². The van der Waals surface area contributed by atoms with Crippen molar-refractivity contribution in [2.24, 2.45) is 4.99 Å². The molecule has 0 aliphatic heterocycles. The molecule has 2 aromatic rings. The zero-order valence-electron chi connectivity index (χ0n) is 13.2. The summed E-state index contributed by atoms with van der Waals surface area (Å²) in [5, 5.41) is 8.18. The van der Waals surface area contributed by atoms with Gasteiger partial charge in [0.15, 0.2) is 5.96 Å². The average Bonchev–Trinajstić information content (AvgIpc) is 2.59. The largest absolute Gasteiger partial charge is 0.354 e. The van der Waals surface area contributed by atoms with Crippen LogP contribution in [0.5, 0.6) is 0 Å². The molecule has 1 aromatic carbocycles. The fourth-order valence-electron chi connectivity index (χ4n) is 3.12. The summed E-state index contributed by atoms with van der Waals surface area (Å²) < 4.78 is 0. The van der Waals surface area contributed by atoms with E-state index in [0.717, 1.165) is 18.0 Å². The number of para-hydroxylation sites is 1. The van der Waals surface area contributed by atoms with Gasteiger partial charge >= 0.3 is 0 Å². The van der Waals surface area contributed by atoms with Gasteiger partial charge in [-0.1, -0.05) is 37.5 Å². The van der Waals surface area contributed by atoms with Crippen molar-refractivity contribution in [3.63, 3.8) is 0 Å². The number of hydrogen-bond acceptors (Lipinski definition) is 2. The molecule has 0 atom stereocenters. The third kappa shape index (κ3) is 3.56. The molecule has 0 spiro atoms. The van der Waals surface area contributed by atoms with Crippen LogP contribution in [0.1, 0.15) is 37.7 Å².